The Kier molecular flexibility index (Phi) is 4.63. The van der Waals surface area contributed by atoms with E-state index in [-0.39, 0.29) is 24.2 Å². The Hall–Kier alpha value is -1.88. The molecule has 0 aliphatic carbocycles. The SMILES string of the molecule is CCNC(=O)C1CN(C(=O)CC(C)(O)c2ccccc2)C1. The monoisotopic (exact) mass is 290 g/mol. The molecule has 0 bridgehead atoms. The lowest BCUT2D eigenvalue weighted by molar-refractivity contribution is -0.146. The molecule has 1 aromatic rings. The number of benzene rings is 1. The van der Waals surface area contributed by atoms with Gasteiger partial charge in [-0.2, -0.15) is 0 Å². The molecule has 1 unspecified atom stereocenters. The maximum Gasteiger partial charge on any atom is 0.226 e. The Labute approximate surface area is 125 Å². The second kappa shape index (κ2) is 6.26. The maximum absolute atomic E-state index is 12.2. The highest BCUT2D eigenvalue weighted by Crippen LogP contribution is 2.27. The smallest absolute Gasteiger partial charge is 0.226 e. The van der Waals surface area contributed by atoms with Crippen molar-refractivity contribution in [3.05, 3.63) is 35.9 Å². The molecule has 2 N–H and O–H groups in total. The van der Waals surface area contributed by atoms with Gasteiger partial charge in [0.15, 0.2) is 0 Å². The number of amides is 2. The minimum atomic E-state index is -1.19. The number of nitrogens with zero attached hydrogens (tertiary/aromatic N) is 1. The highest BCUT2D eigenvalue weighted by Gasteiger charge is 2.38. The molecule has 0 aromatic heterocycles. The first-order chi connectivity index (χ1) is 9.94. The second-order valence-corrected chi connectivity index (χ2v) is 5.71. The largest absolute Gasteiger partial charge is 0.385 e. The molecule has 2 amide bonds. The highest BCUT2D eigenvalue weighted by molar-refractivity contribution is 5.84. The van der Waals surface area contributed by atoms with E-state index in [0.29, 0.717) is 19.6 Å². The predicted molar refractivity (Wildman–Crippen MR) is 79.4 cm³/mol. The van der Waals surface area contributed by atoms with Gasteiger partial charge >= 0.3 is 0 Å². The van der Waals surface area contributed by atoms with E-state index in [9.17, 15) is 14.7 Å². The van der Waals surface area contributed by atoms with Crippen LogP contribution in [0, 0.1) is 5.92 Å². The minimum Gasteiger partial charge on any atom is -0.385 e. The highest BCUT2D eigenvalue weighted by atomic mass is 16.3. The first-order valence-electron chi connectivity index (χ1n) is 7.27. The number of carbonyl (C=O) groups is 2. The number of likely N-dealkylation sites (tertiary alicyclic amines) is 1. The summed E-state index contributed by atoms with van der Waals surface area (Å²) in [6, 6.07) is 9.15. The number of aliphatic hydroxyl groups is 1. The molecular weight excluding hydrogens is 268 g/mol. The summed E-state index contributed by atoms with van der Waals surface area (Å²) in [6.45, 7) is 4.99. The van der Waals surface area contributed by atoms with E-state index < -0.39 is 5.60 Å². The van der Waals surface area contributed by atoms with Crippen molar-refractivity contribution >= 4 is 11.8 Å². The number of hydrogen-bond acceptors (Lipinski definition) is 3. The first kappa shape index (κ1) is 15.5. The topological polar surface area (TPSA) is 69.6 Å². The van der Waals surface area contributed by atoms with Gasteiger partial charge in [0.05, 0.1) is 17.9 Å². The van der Waals surface area contributed by atoms with Gasteiger partial charge in [0, 0.05) is 19.6 Å². The van der Waals surface area contributed by atoms with Crippen LogP contribution < -0.4 is 5.32 Å². The zero-order valence-corrected chi connectivity index (χ0v) is 12.5. The van der Waals surface area contributed by atoms with Gasteiger partial charge in [-0.05, 0) is 19.4 Å². The van der Waals surface area contributed by atoms with Crippen molar-refractivity contribution in [2.45, 2.75) is 25.9 Å². The van der Waals surface area contributed by atoms with E-state index >= 15 is 0 Å². The lowest BCUT2D eigenvalue weighted by atomic mass is 9.90. The average Bonchev–Trinajstić information content (AvgIpc) is 2.37. The summed E-state index contributed by atoms with van der Waals surface area (Å²) in [7, 11) is 0. The van der Waals surface area contributed by atoms with Crippen molar-refractivity contribution in [1.82, 2.24) is 10.2 Å². The van der Waals surface area contributed by atoms with Crippen LogP contribution in [0.1, 0.15) is 25.8 Å². The zero-order chi connectivity index (χ0) is 15.5. The fourth-order valence-electron chi connectivity index (χ4n) is 2.47. The Morgan fingerprint density at radius 2 is 1.95 bits per heavy atom. The molecule has 1 fully saturated rings. The molecule has 0 radical (unpaired) electrons. The van der Waals surface area contributed by atoms with Crippen LogP contribution >= 0.6 is 0 Å². The van der Waals surface area contributed by atoms with Crippen molar-refractivity contribution < 1.29 is 14.7 Å². The summed E-state index contributed by atoms with van der Waals surface area (Å²) in [4.78, 5) is 25.4. The van der Waals surface area contributed by atoms with E-state index in [1.165, 1.54) is 0 Å². The zero-order valence-electron chi connectivity index (χ0n) is 12.5. The second-order valence-electron chi connectivity index (χ2n) is 5.71. The van der Waals surface area contributed by atoms with Crippen LogP contribution in [0.3, 0.4) is 0 Å². The molecule has 0 spiro atoms. The Morgan fingerprint density at radius 1 is 1.33 bits per heavy atom. The predicted octanol–water partition coefficient (Wildman–Crippen LogP) is 0.879. The number of hydrogen-bond donors (Lipinski definition) is 2. The molecule has 2 rings (SSSR count). The van der Waals surface area contributed by atoms with Crippen LogP contribution in [0.4, 0.5) is 0 Å². The van der Waals surface area contributed by atoms with Crippen LogP contribution in [-0.4, -0.2) is 41.5 Å². The molecular formula is C16H22N2O3. The molecule has 1 saturated heterocycles. The third-order valence-corrected chi connectivity index (χ3v) is 3.85. The molecule has 1 heterocycles. The van der Waals surface area contributed by atoms with Gasteiger partial charge in [-0.25, -0.2) is 0 Å². The summed E-state index contributed by atoms with van der Waals surface area (Å²) in [5, 5.41) is 13.2. The summed E-state index contributed by atoms with van der Waals surface area (Å²) in [5.74, 6) is -0.239. The van der Waals surface area contributed by atoms with Crippen molar-refractivity contribution in [3.63, 3.8) is 0 Å². The normalized spacial score (nSPS) is 17.8. The van der Waals surface area contributed by atoms with Crippen LogP contribution in [0.25, 0.3) is 0 Å². The van der Waals surface area contributed by atoms with Gasteiger partial charge in [-0.1, -0.05) is 30.3 Å². The number of carbonyl (C=O) groups excluding carboxylic acids is 2. The van der Waals surface area contributed by atoms with Gasteiger partial charge in [-0.15, -0.1) is 0 Å². The quantitative estimate of drug-likeness (QED) is 0.846. The fraction of sp³-hybridized carbons (Fsp3) is 0.500. The lowest BCUT2D eigenvalue weighted by Gasteiger charge is -2.39. The van der Waals surface area contributed by atoms with Gasteiger partial charge in [0.2, 0.25) is 11.8 Å². The third kappa shape index (κ3) is 3.61. The van der Waals surface area contributed by atoms with E-state index in [1.807, 2.05) is 25.1 Å². The third-order valence-electron chi connectivity index (χ3n) is 3.85. The Balaban J connectivity index is 1.87. The summed E-state index contributed by atoms with van der Waals surface area (Å²) in [5.41, 5.74) is -0.464. The number of rotatable bonds is 5. The summed E-state index contributed by atoms with van der Waals surface area (Å²) < 4.78 is 0. The maximum atomic E-state index is 12.2. The van der Waals surface area contributed by atoms with E-state index in [1.54, 1.807) is 24.0 Å². The van der Waals surface area contributed by atoms with Crippen LogP contribution in [-0.2, 0) is 15.2 Å². The van der Waals surface area contributed by atoms with Gasteiger partial charge in [-0.3, -0.25) is 9.59 Å². The van der Waals surface area contributed by atoms with Crippen LogP contribution in [0.2, 0.25) is 0 Å². The average molecular weight is 290 g/mol. The van der Waals surface area contributed by atoms with Gasteiger partial charge in [0.1, 0.15) is 0 Å². The van der Waals surface area contributed by atoms with Gasteiger partial charge in [0.25, 0.3) is 0 Å². The fourth-order valence-corrected chi connectivity index (χ4v) is 2.47. The molecule has 114 valence electrons. The first-order valence-corrected chi connectivity index (χ1v) is 7.27. The standard InChI is InChI=1S/C16H22N2O3/c1-3-17-15(20)12-10-18(11-12)14(19)9-16(2,21)13-7-5-4-6-8-13/h4-8,12,21H,3,9-11H2,1-2H3,(H,17,20). The van der Waals surface area contributed by atoms with Gasteiger partial charge < -0.3 is 15.3 Å². The summed E-state index contributed by atoms with van der Waals surface area (Å²) in [6.07, 6.45) is 0.0269. The van der Waals surface area contributed by atoms with E-state index in [2.05, 4.69) is 5.32 Å². The molecule has 21 heavy (non-hydrogen) atoms. The molecule has 1 aliphatic heterocycles. The molecule has 1 aromatic carbocycles. The van der Waals surface area contributed by atoms with E-state index in [4.69, 9.17) is 0 Å². The Bertz CT molecular complexity index is 508. The van der Waals surface area contributed by atoms with Crippen molar-refractivity contribution in [3.8, 4) is 0 Å². The minimum absolute atomic E-state index is 0.00336. The molecule has 5 heteroatoms. The van der Waals surface area contributed by atoms with Crippen molar-refractivity contribution in [1.29, 1.82) is 0 Å². The molecule has 0 saturated carbocycles. The van der Waals surface area contributed by atoms with Crippen molar-refractivity contribution in [2.24, 2.45) is 5.92 Å². The lowest BCUT2D eigenvalue weighted by Crippen LogP contribution is -2.56. The molecule has 1 atom stereocenters. The van der Waals surface area contributed by atoms with E-state index in [0.717, 1.165) is 5.56 Å². The summed E-state index contributed by atoms with van der Waals surface area (Å²) >= 11 is 0. The number of nitrogens with one attached hydrogen (secondary N) is 1. The Morgan fingerprint density at radius 3 is 2.52 bits per heavy atom. The van der Waals surface area contributed by atoms with Crippen molar-refractivity contribution in [2.75, 3.05) is 19.6 Å². The van der Waals surface area contributed by atoms with Crippen LogP contribution in [0.5, 0.6) is 0 Å². The van der Waals surface area contributed by atoms with Crippen LogP contribution in [0.15, 0.2) is 30.3 Å². The molecule has 1 aliphatic rings. The molecule has 5 nitrogen and oxygen atoms in total.